The molecular formula is C17H33N3O. The van der Waals surface area contributed by atoms with E-state index >= 15 is 0 Å². The lowest BCUT2D eigenvalue weighted by Crippen LogP contribution is -2.41. The second kappa shape index (κ2) is 8.74. The van der Waals surface area contributed by atoms with Crippen LogP contribution in [0.5, 0.6) is 0 Å². The third kappa shape index (κ3) is 4.96. The fourth-order valence-corrected chi connectivity index (χ4v) is 3.95. The standard InChI is InChI=1S/C17H33N3O/c1-14-7-4-5-11-20(14)12-6-10-19-17(21)16-9-3-2-8-15(16)13-18/h14-16H,2-13,18H2,1H3,(H,19,21). The van der Waals surface area contributed by atoms with Crippen LogP contribution in [-0.4, -0.2) is 43.0 Å². The lowest BCUT2D eigenvalue weighted by atomic mass is 9.79. The Morgan fingerprint density at radius 1 is 1.19 bits per heavy atom. The van der Waals surface area contributed by atoms with Crippen molar-refractivity contribution in [3.05, 3.63) is 0 Å². The molecule has 3 unspecified atom stereocenters. The zero-order valence-corrected chi connectivity index (χ0v) is 13.7. The first-order valence-electron chi connectivity index (χ1n) is 8.94. The normalized spacial score (nSPS) is 31.0. The number of amides is 1. The molecule has 0 bridgehead atoms. The van der Waals surface area contributed by atoms with E-state index < -0.39 is 0 Å². The Labute approximate surface area is 129 Å². The zero-order chi connectivity index (χ0) is 15.1. The molecule has 1 saturated carbocycles. The minimum atomic E-state index is 0.165. The highest BCUT2D eigenvalue weighted by molar-refractivity contribution is 5.79. The average Bonchev–Trinajstić information content (AvgIpc) is 2.52. The molecule has 122 valence electrons. The first-order chi connectivity index (χ1) is 10.2. The summed E-state index contributed by atoms with van der Waals surface area (Å²) >= 11 is 0. The molecule has 4 nitrogen and oxygen atoms in total. The summed E-state index contributed by atoms with van der Waals surface area (Å²) in [7, 11) is 0. The maximum Gasteiger partial charge on any atom is 0.223 e. The maximum atomic E-state index is 12.3. The van der Waals surface area contributed by atoms with Gasteiger partial charge in [-0.05, 0) is 58.0 Å². The van der Waals surface area contributed by atoms with Gasteiger partial charge in [0.05, 0.1) is 0 Å². The topological polar surface area (TPSA) is 58.4 Å². The van der Waals surface area contributed by atoms with Gasteiger partial charge < -0.3 is 16.0 Å². The van der Waals surface area contributed by atoms with Gasteiger partial charge in [0.1, 0.15) is 0 Å². The Morgan fingerprint density at radius 3 is 2.71 bits per heavy atom. The molecule has 1 amide bonds. The number of carbonyl (C=O) groups is 1. The number of hydrogen-bond acceptors (Lipinski definition) is 3. The van der Waals surface area contributed by atoms with Gasteiger partial charge in [0.2, 0.25) is 5.91 Å². The van der Waals surface area contributed by atoms with Gasteiger partial charge in [-0.1, -0.05) is 19.3 Å². The largest absolute Gasteiger partial charge is 0.356 e. The Kier molecular flexibility index (Phi) is 6.97. The van der Waals surface area contributed by atoms with Crippen molar-refractivity contribution in [2.24, 2.45) is 17.6 Å². The summed E-state index contributed by atoms with van der Waals surface area (Å²) < 4.78 is 0. The minimum Gasteiger partial charge on any atom is -0.356 e. The van der Waals surface area contributed by atoms with Gasteiger partial charge in [-0.25, -0.2) is 0 Å². The van der Waals surface area contributed by atoms with Crippen LogP contribution in [0.3, 0.4) is 0 Å². The van der Waals surface area contributed by atoms with E-state index in [9.17, 15) is 4.79 Å². The molecule has 1 aliphatic carbocycles. The van der Waals surface area contributed by atoms with Crippen LogP contribution >= 0.6 is 0 Å². The van der Waals surface area contributed by atoms with Crippen molar-refractivity contribution in [2.45, 2.75) is 64.3 Å². The van der Waals surface area contributed by atoms with E-state index in [1.54, 1.807) is 0 Å². The highest BCUT2D eigenvalue weighted by Gasteiger charge is 2.29. The molecule has 0 aromatic carbocycles. The second-order valence-corrected chi connectivity index (χ2v) is 6.91. The highest BCUT2D eigenvalue weighted by atomic mass is 16.1. The third-order valence-electron chi connectivity index (χ3n) is 5.41. The molecule has 21 heavy (non-hydrogen) atoms. The number of nitrogens with two attached hydrogens (primary N) is 1. The fraction of sp³-hybridized carbons (Fsp3) is 0.941. The monoisotopic (exact) mass is 295 g/mol. The SMILES string of the molecule is CC1CCCCN1CCCNC(=O)C1CCCCC1CN. The van der Waals surface area contributed by atoms with Crippen molar-refractivity contribution in [3.63, 3.8) is 0 Å². The van der Waals surface area contributed by atoms with Gasteiger partial charge in [0, 0.05) is 25.0 Å². The molecule has 0 radical (unpaired) electrons. The molecular weight excluding hydrogens is 262 g/mol. The van der Waals surface area contributed by atoms with E-state index in [-0.39, 0.29) is 11.8 Å². The summed E-state index contributed by atoms with van der Waals surface area (Å²) in [5.41, 5.74) is 5.81. The molecule has 1 heterocycles. The predicted octanol–water partition coefficient (Wildman–Crippen LogP) is 2.13. The summed E-state index contributed by atoms with van der Waals surface area (Å²) in [6.45, 7) is 6.14. The summed E-state index contributed by atoms with van der Waals surface area (Å²) in [6, 6.07) is 0.717. The molecule has 4 heteroatoms. The quantitative estimate of drug-likeness (QED) is 0.738. The van der Waals surface area contributed by atoms with E-state index in [1.807, 2.05) is 0 Å². The van der Waals surface area contributed by atoms with Gasteiger partial charge >= 0.3 is 0 Å². The number of nitrogens with zero attached hydrogens (tertiary/aromatic N) is 1. The third-order valence-corrected chi connectivity index (χ3v) is 5.41. The zero-order valence-electron chi connectivity index (χ0n) is 13.7. The van der Waals surface area contributed by atoms with Gasteiger partial charge in [0.15, 0.2) is 0 Å². The Bertz CT molecular complexity index is 321. The number of hydrogen-bond donors (Lipinski definition) is 2. The van der Waals surface area contributed by atoms with Crippen LogP contribution < -0.4 is 11.1 Å². The Balaban J connectivity index is 1.64. The van der Waals surface area contributed by atoms with Crippen molar-refractivity contribution in [2.75, 3.05) is 26.2 Å². The van der Waals surface area contributed by atoms with Crippen molar-refractivity contribution in [1.29, 1.82) is 0 Å². The van der Waals surface area contributed by atoms with Gasteiger partial charge in [-0.3, -0.25) is 4.79 Å². The minimum absolute atomic E-state index is 0.165. The van der Waals surface area contributed by atoms with E-state index in [4.69, 9.17) is 5.73 Å². The van der Waals surface area contributed by atoms with Crippen molar-refractivity contribution in [1.82, 2.24) is 10.2 Å². The molecule has 0 spiro atoms. The van der Waals surface area contributed by atoms with E-state index in [0.29, 0.717) is 12.5 Å². The van der Waals surface area contributed by atoms with Crippen LogP contribution in [0.2, 0.25) is 0 Å². The maximum absolute atomic E-state index is 12.3. The molecule has 2 rings (SSSR count). The predicted molar refractivity (Wildman–Crippen MR) is 87.0 cm³/mol. The van der Waals surface area contributed by atoms with Crippen LogP contribution in [0.15, 0.2) is 0 Å². The lowest BCUT2D eigenvalue weighted by molar-refractivity contribution is -0.127. The molecule has 2 fully saturated rings. The van der Waals surface area contributed by atoms with Gasteiger partial charge in [-0.2, -0.15) is 0 Å². The first kappa shape index (κ1) is 16.8. The molecule has 3 atom stereocenters. The van der Waals surface area contributed by atoms with Crippen LogP contribution in [0, 0.1) is 11.8 Å². The summed E-state index contributed by atoms with van der Waals surface area (Å²) in [5, 5.41) is 3.15. The van der Waals surface area contributed by atoms with Crippen molar-refractivity contribution >= 4 is 5.91 Å². The fourth-order valence-electron chi connectivity index (χ4n) is 3.95. The average molecular weight is 295 g/mol. The van der Waals surface area contributed by atoms with E-state index in [0.717, 1.165) is 38.4 Å². The molecule has 1 aliphatic heterocycles. The van der Waals surface area contributed by atoms with E-state index in [2.05, 4.69) is 17.1 Å². The number of likely N-dealkylation sites (tertiary alicyclic amines) is 1. The van der Waals surface area contributed by atoms with E-state index in [1.165, 1.54) is 38.6 Å². The van der Waals surface area contributed by atoms with Gasteiger partial charge in [-0.15, -0.1) is 0 Å². The van der Waals surface area contributed by atoms with Crippen LogP contribution in [-0.2, 0) is 4.79 Å². The first-order valence-corrected chi connectivity index (χ1v) is 8.94. The number of rotatable bonds is 6. The highest BCUT2D eigenvalue weighted by Crippen LogP contribution is 2.29. The van der Waals surface area contributed by atoms with Crippen molar-refractivity contribution < 1.29 is 4.79 Å². The van der Waals surface area contributed by atoms with Crippen LogP contribution in [0.4, 0.5) is 0 Å². The van der Waals surface area contributed by atoms with Gasteiger partial charge in [0.25, 0.3) is 0 Å². The van der Waals surface area contributed by atoms with Crippen LogP contribution in [0.1, 0.15) is 58.3 Å². The molecule has 0 aromatic rings. The Hall–Kier alpha value is -0.610. The molecule has 0 aromatic heterocycles. The molecule has 3 N–H and O–H groups in total. The Morgan fingerprint density at radius 2 is 1.95 bits per heavy atom. The summed E-state index contributed by atoms with van der Waals surface area (Å²) in [6.07, 6.45) is 9.66. The number of piperidine rings is 1. The lowest BCUT2D eigenvalue weighted by Gasteiger charge is -2.33. The number of nitrogens with one attached hydrogen (secondary N) is 1. The summed E-state index contributed by atoms with van der Waals surface area (Å²) in [5.74, 6) is 0.815. The van der Waals surface area contributed by atoms with Crippen molar-refractivity contribution in [3.8, 4) is 0 Å². The van der Waals surface area contributed by atoms with Crippen LogP contribution in [0.25, 0.3) is 0 Å². The second-order valence-electron chi connectivity index (χ2n) is 6.91. The molecule has 1 saturated heterocycles. The summed E-state index contributed by atoms with van der Waals surface area (Å²) in [4.78, 5) is 14.9. The smallest absolute Gasteiger partial charge is 0.223 e. The number of carbonyl (C=O) groups excluding carboxylic acids is 1. The molecule has 2 aliphatic rings.